The first-order valence-corrected chi connectivity index (χ1v) is 27.7. The van der Waals surface area contributed by atoms with Gasteiger partial charge < -0.3 is 32.8 Å². The fourth-order valence-electron chi connectivity index (χ4n) is 12.7. The summed E-state index contributed by atoms with van der Waals surface area (Å²) < 4.78 is 32.9. The van der Waals surface area contributed by atoms with Crippen LogP contribution in [0, 0.1) is 30.9 Å². The van der Waals surface area contributed by atoms with E-state index >= 15 is 8.78 Å². The number of halogens is 3. The number of benzene rings is 4. The van der Waals surface area contributed by atoms with E-state index < -0.39 is 5.82 Å². The minimum atomic E-state index is -0.504. The maximum Gasteiger partial charge on any atom is 1.00 e. The Bertz CT molecular complexity index is 2770. The standard InChI is InChI=1S/C33H48N6.C28H27ClF2.C2H7N.CH3.Na/c1-24-12-21-39(26(3)34-24)33-31-11-10-30(22-32(31)36(4)35-33)29-15-17-37(18-16-29)23-27-13-19-38(20-14-27)25(2)28-8-6-5-7-9-28;1-5-10-19-14-13-18(6-2)24(27(19)31)25-23-17(3)28(4,21-11-8-7-9-12-21)16-20(23)15-22(30)26(25)29;1-3-2;;/h10-11,22,27-29,34H,1-3,5-9,12-21,23H2,4H3;6-9,11-15,17H,2,5,10,16H2,1,3-4H3;3H,1-2H3;1H3;/q;;;-1;+1. The summed E-state index contributed by atoms with van der Waals surface area (Å²) >= 11 is 6.57. The number of aromatic nitrogens is 2. The Balaban J connectivity index is 0.000000231. The van der Waals surface area contributed by atoms with Crippen LogP contribution in [0.1, 0.15) is 137 Å². The van der Waals surface area contributed by atoms with E-state index in [4.69, 9.17) is 16.7 Å². The van der Waals surface area contributed by atoms with E-state index in [0.717, 1.165) is 59.7 Å². The fraction of sp³-hybridized carbons (Fsp3) is 0.469. The van der Waals surface area contributed by atoms with Gasteiger partial charge in [-0.05, 0) is 154 Å². The van der Waals surface area contributed by atoms with E-state index in [0.29, 0.717) is 41.0 Å². The number of hydrogen-bond donors (Lipinski definition) is 2. The summed E-state index contributed by atoms with van der Waals surface area (Å²) in [5.41, 5.74) is 10.0. The third kappa shape index (κ3) is 13.0. The van der Waals surface area contributed by atoms with Crippen LogP contribution in [-0.4, -0.2) is 72.9 Å². The minimum Gasteiger partial charge on any atom is -0.375 e. The predicted molar refractivity (Wildman–Crippen MR) is 311 cm³/mol. The van der Waals surface area contributed by atoms with Gasteiger partial charge >= 0.3 is 29.6 Å². The molecule has 1 aromatic heterocycles. The van der Waals surface area contributed by atoms with Crippen molar-refractivity contribution in [3.8, 4) is 11.1 Å². The number of hydrogen-bond acceptors (Lipinski definition) is 6. The molecule has 2 aliphatic carbocycles. The molecule has 11 heteroatoms. The first-order valence-electron chi connectivity index (χ1n) is 27.3. The molecule has 7 nitrogen and oxygen atoms in total. The monoisotopic (exact) mass is 1050 g/mol. The third-order valence-electron chi connectivity index (χ3n) is 17.0. The molecule has 5 aliphatic rings. The van der Waals surface area contributed by atoms with E-state index in [2.05, 4.69) is 103 Å². The van der Waals surface area contributed by atoms with Crippen LogP contribution in [0.4, 0.5) is 14.6 Å². The third-order valence-corrected chi connectivity index (χ3v) is 17.4. The van der Waals surface area contributed by atoms with Crippen molar-refractivity contribution in [2.24, 2.45) is 18.9 Å². The van der Waals surface area contributed by atoms with Crippen LogP contribution in [0.2, 0.25) is 5.02 Å². The van der Waals surface area contributed by atoms with Crippen molar-refractivity contribution >= 4 is 34.4 Å². The molecule has 0 amide bonds. The normalized spacial score (nSPS) is 20.5. The van der Waals surface area contributed by atoms with E-state index in [-0.39, 0.29) is 59.2 Å². The maximum absolute atomic E-state index is 15.8. The van der Waals surface area contributed by atoms with Gasteiger partial charge in [-0.1, -0.05) is 139 Å². The molecule has 75 heavy (non-hydrogen) atoms. The Hall–Kier alpha value is -4.22. The molecule has 4 heterocycles. The van der Waals surface area contributed by atoms with E-state index in [1.807, 2.05) is 50.0 Å². The molecule has 3 saturated heterocycles. The fourth-order valence-corrected chi connectivity index (χ4v) is 13.0. The number of anilines is 1. The van der Waals surface area contributed by atoms with Gasteiger partial charge in [0.1, 0.15) is 17.5 Å². The van der Waals surface area contributed by atoms with Gasteiger partial charge in [0.2, 0.25) is 0 Å². The number of likely N-dealkylation sites (tertiary alicyclic amines) is 2. The second-order valence-corrected chi connectivity index (χ2v) is 22.3. The molecule has 5 aromatic rings. The van der Waals surface area contributed by atoms with Crippen molar-refractivity contribution in [1.29, 1.82) is 0 Å². The van der Waals surface area contributed by atoms with Crippen LogP contribution in [0.15, 0.2) is 110 Å². The number of allylic oxidation sites excluding steroid dienone is 1. The average molecular weight is 1050 g/mol. The first-order chi connectivity index (χ1) is 35.2. The molecular weight excluding hydrogens is 963 g/mol. The molecule has 0 spiro atoms. The Kier molecular flexibility index (Phi) is 21.5. The van der Waals surface area contributed by atoms with Gasteiger partial charge in [-0.15, -0.1) is 0 Å². The number of rotatable bonds is 11. The van der Waals surface area contributed by atoms with E-state index in [9.17, 15) is 0 Å². The summed E-state index contributed by atoms with van der Waals surface area (Å²) in [7, 11) is 5.81. The topological polar surface area (TPSA) is 51.6 Å². The van der Waals surface area contributed by atoms with Crippen LogP contribution in [0.5, 0.6) is 0 Å². The van der Waals surface area contributed by atoms with Crippen molar-refractivity contribution in [2.45, 2.75) is 121 Å². The smallest absolute Gasteiger partial charge is 0.375 e. The van der Waals surface area contributed by atoms with Crippen molar-refractivity contribution in [2.75, 3.05) is 58.3 Å². The summed E-state index contributed by atoms with van der Waals surface area (Å²) in [6.07, 6.45) is 16.8. The number of nitrogens with one attached hydrogen (secondary N) is 2. The molecule has 4 fully saturated rings. The van der Waals surface area contributed by atoms with Crippen molar-refractivity contribution < 1.29 is 38.3 Å². The zero-order chi connectivity index (χ0) is 52.0. The number of aryl methyl sites for hydroxylation is 2. The Morgan fingerprint density at radius 1 is 0.907 bits per heavy atom. The molecule has 4 aromatic carbocycles. The zero-order valence-corrected chi connectivity index (χ0v) is 49.6. The maximum atomic E-state index is 15.8. The van der Waals surface area contributed by atoms with Crippen LogP contribution in [-0.2, 0) is 25.3 Å². The van der Waals surface area contributed by atoms with E-state index in [1.54, 1.807) is 12.1 Å². The second kappa shape index (κ2) is 26.9. The van der Waals surface area contributed by atoms with Crippen LogP contribution in [0.3, 0.4) is 0 Å². The summed E-state index contributed by atoms with van der Waals surface area (Å²) in [4.78, 5) is 7.56. The molecule has 2 unspecified atom stereocenters. The summed E-state index contributed by atoms with van der Waals surface area (Å²) in [5, 5.41) is 12.1. The molecular formula is C64H85ClF2N7Na. The van der Waals surface area contributed by atoms with Crippen molar-refractivity contribution in [1.82, 2.24) is 30.2 Å². The molecule has 398 valence electrons. The molecule has 0 radical (unpaired) electrons. The second-order valence-electron chi connectivity index (χ2n) is 21.9. The van der Waals surface area contributed by atoms with Crippen LogP contribution < -0.4 is 45.1 Å². The van der Waals surface area contributed by atoms with Gasteiger partial charge in [-0.3, -0.25) is 4.68 Å². The number of fused-ring (bicyclic) bond motifs is 2. The number of piperidine rings is 2. The largest absolute Gasteiger partial charge is 1.00 e. The van der Waals surface area contributed by atoms with Gasteiger partial charge in [-0.25, -0.2) is 8.78 Å². The van der Waals surface area contributed by atoms with Gasteiger partial charge in [0.25, 0.3) is 0 Å². The Morgan fingerprint density at radius 2 is 1.59 bits per heavy atom. The Labute approximate surface area is 477 Å². The minimum absolute atomic E-state index is 0. The summed E-state index contributed by atoms with van der Waals surface area (Å²) in [6, 6.07) is 22.5. The summed E-state index contributed by atoms with van der Waals surface area (Å²) in [6.45, 7) is 30.0. The van der Waals surface area contributed by atoms with Gasteiger partial charge in [-0.2, -0.15) is 5.10 Å². The van der Waals surface area contributed by atoms with Gasteiger partial charge in [0.15, 0.2) is 5.82 Å². The average Bonchev–Trinajstić information content (AvgIpc) is 3.86. The summed E-state index contributed by atoms with van der Waals surface area (Å²) in [5.74, 6) is 3.30. The molecule has 3 aliphatic heterocycles. The van der Waals surface area contributed by atoms with Gasteiger partial charge in [0, 0.05) is 73.0 Å². The molecule has 0 bridgehead atoms. The molecule has 2 N–H and O–H groups in total. The predicted octanol–water partition coefficient (Wildman–Crippen LogP) is 12.1. The molecule has 1 saturated carbocycles. The van der Waals surface area contributed by atoms with Crippen LogP contribution in [0.25, 0.3) is 28.1 Å². The van der Waals surface area contributed by atoms with E-state index in [1.165, 1.54) is 124 Å². The van der Waals surface area contributed by atoms with Crippen molar-refractivity contribution in [3.63, 3.8) is 0 Å². The number of nitrogens with zero attached hydrogens (tertiary/aromatic N) is 5. The van der Waals surface area contributed by atoms with Gasteiger partial charge in [0.05, 0.1) is 10.5 Å². The van der Waals surface area contributed by atoms with Crippen LogP contribution >= 0.6 is 11.6 Å². The first kappa shape index (κ1) is 60.0. The molecule has 10 rings (SSSR count). The quantitative estimate of drug-likeness (QED) is 0.102. The van der Waals surface area contributed by atoms with Crippen molar-refractivity contribution in [3.05, 3.63) is 168 Å². The SMILES string of the molecule is C=C1CCN(c2nn(C)c3cc(C4CCN(CC5CCN(C(=C)C6CCCCC6)CC5)CC4)ccc23)C(=C)N1.C=Cc1ccc(CCC)c(F)c1-c1c(Cl)c(F)cc2c1C(C)C(C)(c1ccccc1)C2.CNC.[CH3-].[Na+]. The zero-order valence-electron chi connectivity index (χ0n) is 46.9. The Morgan fingerprint density at radius 3 is 2.23 bits per heavy atom. The molecule has 2 atom stereocenters.